The van der Waals surface area contributed by atoms with Gasteiger partial charge < -0.3 is 28.5 Å². The van der Waals surface area contributed by atoms with E-state index in [1.165, 1.54) is 218 Å². The number of ether oxygens (including phenoxy) is 1. The molecule has 0 fully saturated rings. The molecule has 3 unspecified atom stereocenters. The number of rotatable bonds is 62. The number of esters is 1. The highest BCUT2D eigenvalue weighted by Gasteiger charge is 2.27. The van der Waals surface area contributed by atoms with Gasteiger partial charge in [0.15, 0.2) is 0 Å². The van der Waals surface area contributed by atoms with E-state index in [0.717, 1.165) is 77.0 Å². The SMILES string of the molecule is CC/C=C/C=C/C=C/CCCCCCCCCC(=O)OC(/C=C\CCCCCCCCCCC)C(COP(=O)([O-])OCC[N+](C)(C)C)NC(=O)CCCCCCCCCCCCCCCCCCCCCCCCCCCCC. The highest BCUT2D eigenvalue weighted by molar-refractivity contribution is 7.45. The van der Waals surface area contributed by atoms with Crippen LogP contribution >= 0.6 is 7.82 Å². The van der Waals surface area contributed by atoms with Crippen LogP contribution in [0.3, 0.4) is 0 Å². The van der Waals surface area contributed by atoms with Crippen LogP contribution in [0.2, 0.25) is 0 Å². The minimum absolute atomic E-state index is 0.0232. The highest BCUT2D eigenvalue weighted by Crippen LogP contribution is 2.38. The molecule has 0 saturated heterocycles. The zero-order valence-corrected chi connectivity index (χ0v) is 54.0. The lowest BCUT2D eigenvalue weighted by atomic mass is 10.0. The molecule has 0 aliphatic heterocycles. The molecule has 1 amide bonds. The van der Waals surface area contributed by atoms with Gasteiger partial charge in [0.25, 0.3) is 7.82 Å². The second-order valence-electron chi connectivity index (χ2n) is 24.4. The Morgan fingerprint density at radius 3 is 1.20 bits per heavy atom. The number of amides is 1. The predicted octanol–water partition coefficient (Wildman–Crippen LogP) is 20.6. The van der Waals surface area contributed by atoms with Crippen LogP contribution in [0.25, 0.3) is 0 Å². The molecule has 464 valence electrons. The fourth-order valence-electron chi connectivity index (χ4n) is 10.1. The molecule has 0 aromatic heterocycles. The van der Waals surface area contributed by atoms with E-state index in [0.29, 0.717) is 17.4 Å². The van der Waals surface area contributed by atoms with Crippen molar-refractivity contribution < 1.29 is 37.3 Å². The van der Waals surface area contributed by atoms with Crippen LogP contribution in [0.15, 0.2) is 48.6 Å². The van der Waals surface area contributed by atoms with Gasteiger partial charge in [-0.3, -0.25) is 14.2 Å². The molecule has 0 aliphatic rings. The summed E-state index contributed by atoms with van der Waals surface area (Å²) in [6.45, 7) is 6.74. The summed E-state index contributed by atoms with van der Waals surface area (Å²) in [5.41, 5.74) is 0. The highest BCUT2D eigenvalue weighted by atomic mass is 31.2. The van der Waals surface area contributed by atoms with Gasteiger partial charge in [-0.1, -0.05) is 314 Å². The van der Waals surface area contributed by atoms with E-state index in [1.54, 1.807) is 0 Å². The Bertz CT molecular complexity index is 1490. The van der Waals surface area contributed by atoms with Crippen molar-refractivity contribution in [3.63, 3.8) is 0 Å². The molecule has 3 atom stereocenters. The van der Waals surface area contributed by atoms with Crippen LogP contribution in [0.5, 0.6) is 0 Å². The first-order chi connectivity index (χ1) is 38.4. The summed E-state index contributed by atoms with van der Waals surface area (Å²) in [7, 11) is 1.19. The fraction of sp³-hybridized carbons (Fsp3) is 0.855. The maximum atomic E-state index is 13.6. The molecule has 0 aliphatic carbocycles. The third kappa shape index (κ3) is 60.4. The van der Waals surface area contributed by atoms with E-state index in [4.69, 9.17) is 13.8 Å². The number of likely N-dealkylation sites (N-methyl/N-ethyl adjacent to an activating group) is 1. The van der Waals surface area contributed by atoms with Gasteiger partial charge in [-0.15, -0.1) is 0 Å². The number of hydrogen-bond donors (Lipinski definition) is 1. The minimum atomic E-state index is -4.70. The van der Waals surface area contributed by atoms with Crippen LogP contribution in [0.1, 0.15) is 329 Å². The molecule has 10 heteroatoms. The number of carbonyl (C=O) groups excluding carboxylic acids is 2. The summed E-state index contributed by atoms with van der Waals surface area (Å²) >= 11 is 0. The van der Waals surface area contributed by atoms with Gasteiger partial charge in [-0.2, -0.15) is 0 Å². The molecule has 0 spiro atoms. The zero-order chi connectivity index (χ0) is 57.9. The van der Waals surface area contributed by atoms with Crippen LogP contribution in [-0.2, 0) is 27.9 Å². The molecule has 0 rings (SSSR count). The lowest BCUT2D eigenvalue weighted by Crippen LogP contribution is -2.47. The number of nitrogens with one attached hydrogen (secondary N) is 1. The van der Waals surface area contributed by atoms with Gasteiger partial charge in [-0.25, -0.2) is 0 Å². The normalized spacial score (nSPS) is 13.9. The molecule has 79 heavy (non-hydrogen) atoms. The maximum Gasteiger partial charge on any atom is 0.306 e. The third-order valence-electron chi connectivity index (χ3n) is 15.3. The minimum Gasteiger partial charge on any atom is -0.756 e. The quantitative estimate of drug-likeness (QED) is 0.0161. The molecular weight excluding hydrogens is 1000 g/mol. The van der Waals surface area contributed by atoms with Gasteiger partial charge in [0.2, 0.25) is 5.91 Å². The summed E-state index contributed by atoms with van der Waals surface area (Å²) in [6.07, 6.45) is 73.9. The Balaban J connectivity index is 4.95. The van der Waals surface area contributed by atoms with Crippen molar-refractivity contribution >= 4 is 19.7 Å². The van der Waals surface area contributed by atoms with Gasteiger partial charge in [0, 0.05) is 12.8 Å². The second-order valence-corrected chi connectivity index (χ2v) is 25.8. The number of nitrogens with zero attached hydrogens (tertiary/aromatic N) is 1. The van der Waals surface area contributed by atoms with E-state index in [1.807, 2.05) is 33.3 Å². The molecule has 0 bridgehead atoms. The Labute approximate surface area is 490 Å². The zero-order valence-electron chi connectivity index (χ0n) is 53.1. The van der Waals surface area contributed by atoms with Crippen LogP contribution < -0.4 is 10.2 Å². The lowest BCUT2D eigenvalue weighted by molar-refractivity contribution is -0.870. The smallest absolute Gasteiger partial charge is 0.306 e. The summed E-state index contributed by atoms with van der Waals surface area (Å²) in [5, 5.41) is 3.04. The Morgan fingerprint density at radius 2 is 0.810 bits per heavy atom. The number of hydrogen-bond acceptors (Lipinski definition) is 7. The van der Waals surface area contributed by atoms with Gasteiger partial charge in [0.05, 0.1) is 33.8 Å². The summed E-state index contributed by atoms with van der Waals surface area (Å²) in [4.78, 5) is 40.0. The number of phosphoric ester groups is 1. The van der Waals surface area contributed by atoms with Crippen LogP contribution in [0.4, 0.5) is 0 Å². The van der Waals surface area contributed by atoms with Crippen LogP contribution in [-0.4, -0.2) is 69.4 Å². The van der Waals surface area contributed by atoms with E-state index >= 15 is 0 Å². The predicted molar refractivity (Wildman–Crippen MR) is 339 cm³/mol. The van der Waals surface area contributed by atoms with E-state index < -0.39 is 20.0 Å². The van der Waals surface area contributed by atoms with Crippen molar-refractivity contribution in [1.29, 1.82) is 0 Å². The Kier molecular flexibility index (Phi) is 57.6. The molecular formula is C69H131N2O7P. The average Bonchev–Trinajstić information content (AvgIpc) is 3.41. The maximum absolute atomic E-state index is 13.6. The first kappa shape index (κ1) is 77.0. The van der Waals surface area contributed by atoms with Gasteiger partial charge in [0.1, 0.15) is 19.3 Å². The van der Waals surface area contributed by atoms with Crippen molar-refractivity contribution in [2.45, 2.75) is 341 Å². The average molecular weight is 1130 g/mol. The molecule has 0 saturated carbocycles. The van der Waals surface area contributed by atoms with Gasteiger partial charge >= 0.3 is 5.97 Å². The summed E-state index contributed by atoms with van der Waals surface area (Å²) in [6, 6.07) is -0.891. The Morgan fingerprint density at radius 1 is 0.456 bits per heavy atom. The van der Waals surface area contributed by atoms with Crippen molar-refractivity contribution in [2.75, 3.05) is 40.9 Å². The molecule has 0 radical (unpaired) electrons. The molecule has 9 nitrogen and oxygen atoms in total. The number of carbonyl (C=O) groups is 2. The topological polar surface area (TPSA) is 114 Å². The third-order valence-corrected chi connectivity index (χ3v) is 16.3. The standard InChI is InChI=1S/C69H131N2O7P/c1-7-10-13-16-19-22-25-27-29-30-31-32-33-34-35-36-37-38-39-40-42-43-46-49-52-55-58-61-68(72)70-66(65-77-79(74,75)76-64-63-71(4,5)6)67(60-57-54-51-48-45-24-21-18-15-12-9-3)78-69(73)62-59-56-53-50-47-44-41-28-26-23-20-17-14-11-8-2/h11,14,17,20,23,26,57,60,66-67H,7-10,12-13,15-16,18-19,21-22,24-25,27-56,58-59,61-65H2,1-6H3,(H-,70,72,74,75)/b14-11+,20-17+,26-23+,60-57-. The Hall–Kier alpha value is -2.03. The fourth-order valence-corrected chi connectivity index (χ4v) is 10.8. The number of phosphoric acid groups is 1. The second kappa shape index (κ2) is 59.1. The van der Waals surface area contributed by atoms with E-state index in [9.17, 15) is 19.0 Å². The van der Waals surface area contributed by atoms with Crippen molar-refractivity contribution in [3.8, 4) is 0 Å². The van der Waals surface area contributed by atoms with Gasteiger partial charge in [-0.05, 0) is 51.0 Å². The lowest BCUT2D eigenvalue weighted by Gasteiger charge is -2.30. The largest absolute Gasteiger partial charge is 0.756 e. The summed E-state index contributed by atoms with van der Waals surface area (Å²) < 4.78 is 30.3. The van der Waals surface area contributed by atoms with E-state index in [2.05, 4.69) is 62.5 Å². The molecule has 1 N–H and O–H groups in total. The number of quaternary nitrogens is 1. The first-order valence-corrected chi connectivity index (χ1v) is 35.4. The van der Waals surface area contributed by atoms with Crippen molar-refractivity contribution in [1.82, 2.24) is 5.32 Å². The van der Waals surface area contributed by atoms with Crippen molar-refractivity contribution in [3.05, 3.63) is 48.6 Å². The number of allylic oxidation sites excluding steroid dienone is 7. The molecule has 0 heterocycles. The summed E-state index contributed by atoms with van der Waals surface area (Å²) in [5.74, 6) is -0.543. The number of unbranched alkanes of at least 4 members (excludes halogenated alkanes) is 42. The first-order valence-electron chi connectivity index (χ1n) is 34.0. The monoisotopic (exact) mass is 1130 g/mol. The van der Waals surface area contributed by atoms with Crippen LogP contribution in [0, 0.1) is 0 Å². The molecule has 0 aromatic carbocycles. The van der Waals surface area contributed by atoms with Crippen molar-refractivity contribution in [2.24, 2.45) is 0 Å². The molecule has 0 aromatic rings. The van der Waals surface area contributed by atoms with E-state index in [-0.39, 0.29) is 31.5 Å².